The summed E-state index contributed by atoms with van der Waals surface area (Å²) in [4.78, 5) is 14.8. The van der Waals surface area contributed by atoms with Gasteiger partial charge >= 0.3 is 0 Å². The Kier molecular flexibility index (Phi) is 5.21. The molecule has 0 bridgehead atoms. The number of aryl methyl sites for hydroxylation is 2. The molecular weight excluding hydrogens is 336 g/mol. The molecule has 1 aromatic carbocycles. The Bertz CT molecular complexity index is 752. The van der Waals surface area contributed by atoms with Crippen molar-refractivity contribution in [3.8, 4) is 0 Å². The second kappa shape index (κ2) is 7.08. The van der Waals surface area contributed by atoms with E-state index in [1.54, 1.807) is 4.31 Å². The highest BCUT2D eigenvalue weighted by atomic mass is 32.2. The van der Waals surface area contributed by atoms with Gasteiger partial charge in [0.05, 0.1) is 6.26 Å². The molecule has 138 valence electrons. The van der Waals surface area contributed by atoms with E-state index in [-0.39, 0.29) is 5.91 Å². The van der Waals surface area contributed by atoms with Gasteiger partial charge < -0.3 is 4.90 Å². The van der Waals surface area contributed by atoms with Gasteiger partial charge in [0.1, 0.15) is 0 Å². The third-order valence-electron chi connectivity index (χ3n) is 5.76. The average molecular weight is 365 g/mol. The highest BCUT2D eigenvalue weighted by Crippen LogP contribution is 2.33. The molecule has 6 heteroatoms. The Morgan fingerprint density at radius 3 is 2.28 bits per heavy atom. The van der Waals surface area contributed by atoms with Gasteiger partial charge in [-0.2, -0.15) is 0 Å². The van der Waals surface area contributed by atoms with Crippen LogP contribution in [0.2, 0.25) is 0 Å². The number of nitrogens with zero attached hydrogens (tertiary/aromatic N) is 2. The summed E-state index contributed by atoms with van der Waals surface area (Å²) in [5.41, 5.74) is 3.01. The summed E-state index contributed by atoms with van der Waals surface area (Å²) >= 11 is 0. The van der Waals surface area contributed by atoms with Gasteiger partial charge in [0.25, 0.3) is 5.91 Å². The van der Waals surface area contributed by atoms with Gasteiger partial charge in [-0.3, -0.25) is 4.79 Å². The lowest BCUT2D eigenvalue weighted by molar-refractivity contribution is 0.0778. The SMILES string of the molecule is Cc1ccc(C(=O)N2CCC(C3CCN(S(C)(=O)=O)CC3)C2)c(C)c1. The van der Waals surface area contributed by atoms with E-state index in [4.69, 9.17) is 0 Å². The van der Waals surface area contributed by atoms with Crippen LogP contribution in [0, 0.1) is 25.7 Å². The summed E-state index contributed by atoms with van der Waals surface area (Å²) in [6, 6.07) is 5.99. The normalized spacial score (nSPS) is 23.2. The molecule has 3 rings (SSSR count). The Labute approximate surface area is 151 Å². The third kappa shape index (κ3) is 4.06. The fraction of sp³-hybridized carbons (Fsp3) is 0.632. The molecule has 2 aliphatic rings. The number of sulfonamides is 1. The molecule has 2 heterocycles. The van der Waals surface area contributed by atoms with Gasteiger partial charge in [-0.05, 0) is 56.6 Å². The lowest BCUT2D eigenvalue weighted by Gasteiger charge is -2.33. The number of piperidine rings is 1. The molecule has 2 saturated heterocycles. The van der Waals surface area contributed by atoms with Crippen LogP contribution in [0.25, 0.3) is 0 Å². The van der Waals surface area contributed by atoms with Crippen LogP contribution in [0.1, 0.15) is 40.7 Å². The fourth-order valence-corrected chi connectivity index (χ4v) is 5.13. The molecule has 0 aromatic heterocycles. The van der Waals surface area contributed by atoms with Crippen LogP contribution in [0.4, 0.5) is 0 Å². The summed E-state index contributed by atoms with van der Waals surface area (Å²) in [6.07, 6.45) is 4.13. The number of benzene rings is 1. The Morgan fingerprint density at radius 2 is 1.68 bits per heavy atom. The summed E-state index contributed by atoms with van der Waals surface area (Å²) in [6.45, 7) is 6.87. The quantitative estimate of drug-likeness (QED) is 0.828. The highest BCUT2D eigenvalue weighted by molar-refractivity contribution is 7.88. The van der Waals surface area contributed by atoms with Gasteiger partial charge in [-0.15, -0.1) is 0 Å². The largest absolute Gasteiger partial charge is 0.338 e. The van der Waals surface area contributed by atoms with Crippen molar-refractivity contribution in [3.05, 3.63) is 34.9 Å². The molecule has 1 aromatic rings. The number of likely N-dealkylation sites (tertiary alicyclic amines) is 1. The van der Waals surface area contributed by atoms with E-state index in [1.165, 1.54) is 11.8 Å². The first-order valence-corrected chi connectivity index (χ1v) is 10.9. The van der Waals surface area contributed by atoms with Crippen molar-refractivity contribution in [2.45, 2.75) is 33.1 Å². The van der Waals surface area contributed by atoms with Crippen LogP contribution in [0.5, 0.6) is 0 Å². The van der Waals surface area contributed by atoms with Gasteiger partial charge in [0, 0.05) is 31.7 Å². The summed E-state index contributed by atoms with van der Waals surface area (Å²) < 4.78 is 24.9. The molecule has 5 nitrogen and oxygen atoms in total. The Morgan fingerprint density at radius 1 is 1.04 bits per heavy atom. The maximum Gasteiger partial charge on any atom is 0.254 e. The molecule has 0 aliphatic carbocycles. The van der Waals surface area contributed by atoms with Crippen molar-refractivity contribution in [1.82, 2.24) is 9.21 Å². The lowest BCUT2D eigenvalue weighted by atomic mass is 9.84. The summed E-state index contributed by atoms with van der Waals surface area (Å²) in [5, 5.41) is 0. The maximum atomic E-state index is 12.8. The molecule has 2 fully saturated rings. The predicted molar refractivity (Wildman–Crippen MR) is 99.1 cm³/mol. The van der Waals surface area contributed by atoms with E-state index < -0.39 is 10.0 Å². The Balaban J connectivity index is 1.60. The molecule has 0 saturated carbocycles. The zero-order chi connectivity index (χ0) is 18.2. The van der Waals surface area contributed by atoms with Crippen LogP contribution >= 0.6 is 0 Å². The van der Waals surface area contributed by atoms with Crippen molar-refractivity contribution in [2.24, 2.45) is 11.8 Å². The molecule has 1 unspecified atom stereocenters. The average Bonchev–Trinajstić information content (AvgIpc) is 3.03. The van der Waals surface area contributed by atoms with E-state index in [1.807, 2.05) is 30.9 Å². The lowest BCUT2D eigenvalue weighted by Crippen LogP contribution is -2.40. The molecule has 2 aliphatic heterocycles. The molecule has 0 radical (unpaired) electrons. The van der Waals surface area contributed by atoms with Crippen LogP contribution in [0.15, 0.2) is 18.2 Å². The molecule has 1 atom stereocenters. The zero-order valence-corrected chi connectivity index (χ0v) is 16.2. The van der Waals surface area contributed by atoms with Crippen LogP contribution in [-0.2, 0) is 10.0 Å². The molecular formula is C19H28N2O3S. The zero-order valence-electron chi connectivity index (χ0n) is 15.4. The topological polar surface area (TPSA) is 57.7 Å². The molecule has 1 amide bonds. The molecule has 25 heavy (non-hydrogen) atoms. The number of rotatable bonds is 3. The van der Waals surface area contributed by atoms with Crippen LogP contribution in [-0.4, -0.2) is 56.0 Å². The van der Waals surface area contributed by atoms with Crippen molar-refractivity contribution >= 4 is 15.9 Å². The minimum atomic E-state index is -3.07. The first-order valence-electron chi connectivity index (χ1n) is 9.07. The number of carbonyl (C=O) groups is 1. The van der Waals surface area contributed by atoms with Gasteiger partial charge in [0.2, 0.25) is 10.0 Å². The van der Waals surface area contributed by atoms with Crippen molar-refractivity contribution < 1.29 is 13.2 Å². The fourth-order valence-electron chi connectivity index (χ4n) is 4.26. The van der Waals surface area contributed by atoms with E-state index >= 15 is 0 Å². The Hall–Kier alpha value is -1.40. The van der Waals surface area contributed by atoms with Gasteiger partial charge in [-0.1, -0.05) is 17.7 Å². The van der Waals surface area contributed by atoms with E-state index in [2.05, 4.69) is 6.07 Å². The van der Waals surface area contributed by atoms with Crippen molar-refractivity contribution in [2.75, 3.05) is 32.4 Å². The first kappa shape index (κ1) is 18.4. The summed E-state index contributed by atoms with van der Waals surface area (Å²) in [5.74, 6) is 1.15. The maximum absolute atomic E-state index is 12.8. The third-order valence-corrected chi connectivity index (χ3v) is 7.06. The second-order valence-electron chi connectivity index (χ2n) is 7.62. The predicted octanol–water partition coefficient (Wildman–Crippen LogP) is 2.44. The van der Waals surface area contributed by atoms with E-state index in [0.29, 0.717) is 24.9 Å². The molecule has 0 spiro atoms. The van der Waals surface area contributed by atoms with Crippen molar-refractivity contribution in [3.63, 3.8) is 0 Å². The highest BCUT2D eigenvalue weighted by Gasteiger charge is 2.35. The smallest absolute Gasteiger partial charge is 0.254 e. The second-order valence-corrected chi connectivity index (χ2v) is 9.60. The number of carbonyl (C=O) groups excluding carboxylic acids is 1. The minimum absolute atomic E-state index is 0.133. The van der Waals surface area contributed by atoms with Crippen molar-refractivity contribution in [1.29, 1.82) is 0 Å². The van der Waals surface area contributed by atoms with Gasteiger partial charge in [0.15, 0.2) is 0 Å². The number of hydrogen-bond donors (Lipinski definition) is 0. The number of hydrogen-bond acceptors (Lipinski definition) is 3. The van der Waals surface area contributed by atoms with E-state index in [9.17, 15) is 13.2 Å². The minimum Gasteiger partial charge on any atom is -0.338 e. The van der Waals surface area contributed by atoms with Crippen LogP contribution < -0.4 is 0 Å². The van der Waals surface area contributed by atoms with Crippen LogP contribution in [0.3, 0.4) is 0 Å². The first-order chi connectivity index (χ1) is 11.8. The number of amides is 1. The monoisotopic (exact) mass is 364 g/mol. The standard InChI is InChI=1S/C19H28N2O3S/c1-14-4-5-18(15(2)12-14)19(22)20-9-6-17(13-20)16-7-10-21(11-8-16)25(3,23)24/h4-5,12,16-17H,6-11,13H2,1-3H3. The van der Waals surface area contributed by atoms with E-state index in [0.717, 1.165) is 43.5 Å². The molecule has 0 N–H and O–H groups in total. The summed E-state index contributed by atoms with van der Waals surface area (Å²) in [7, 11) is -3.07. The van der Waals surface area contributed by atoms with Gasteiger partial charge in [-0.25, -0.2) is 12.7 Å².